The lowest BCUT2D eigenvalue weighted by Crippen LogP contribution is -2.35. The number of anilines is 2. The third-order valence-corrected chi connectivity index (χ3v) is 5.61. The molecule has 2 amide bonds. The quantitative estimate of drug-likeness (QED) is 0.488. The van der Waals surface area contributed by atoms with Crippen LogP contribution in [0, 0.1) is 5.92 Å². The first-order valence-corrected chi connectivity index (χ1v) is 11.6. The summed E-state index contributed by atoms with van der Waals surface area (Å²) in [5.74, 6) is 0.632. The van der Waals surface area contributed by atoms with Gasteiger partial charge in [-0.1, -0.05) is 26.7 Å². The number of carbonyl (C=O) groups is 2. The molecule has 0 aliphatic carbocycles. The van der Waals surface area contributed by atoms with Crippen molar-refractivity contribution in [1.82, 2.24) is 5.32 Å². The van der Waals surface area contributed by atoms with Crippen molar-refractivity contribution in [1.29, 1.82) is 0 Å². The molecule has 0 bridgehead atoms. The maximum atomic E-state index is 13.0. The van der Waals surface area contributed by atoms with E-state index in [9.17, 15) is 9.59 Å². The summed E-state index contributed by atoms with van der Waals surface area (Å²) in [6, 6.07) is 5.71. The average molecular weight is 418 g/mol. The monoisotopic (exact) mass is 417 g/mol. The van der Waals surface area contributed by atoms with Crippen LogP contribution in [0.1, 0.15) is 76.1 Å². The number of rotatable bonds is 12. The number of carbonyl (C=O) groups excluding carboxylic acids is 2. The highest BCUT2D eigenvalue weighted by Crippen LogP contribution is 2.29. The van der Waals surface area contributed by atoms with Crippen LogP contribution in [0.5, 0.6) is 0 Å². The molecule has 2 N–H and O–H groups in total. The summed E-state index contributed by atoms with van der Waals surface area (Å²) in [6.45, 7) is 10.2. The molecule has 6 nitrogen and oxygen atoms in total. The van der Waals surface area contributed by atoms with Crippen molar-refractivity contribution in [2.45, 2.75) is 65.7 Å². The second kappa shape index (κ2) is 13.3. The molecular formula is C24H39N3O3. The first-order valence-electron chi connectivity index (χ1n) is 11.6. The zero-order valence-corrected chi connectivity index (χ0v) is 19.0. The Hall–Kier alpha value is -2.08. The van der Waals surface area contributed by atoms with E-state index in [1.165, 1.54) is 0 Å². The van der Waals surface area contributed by atoms with Gasteiger partial charge in [-0.3, -0.25) is 9.59 Å². The third kappa shape index (κ3) is 7.98. The zero-order chi connectivity index (χ0) is 21.8. The van der Waals surface area contributed by atoms with Gasteiger partial charge in [0.2, 0.25) is 5.91 Å². The van der Waals surface area contributed by atoms with Gasteiger partial charge in [-0.2, -0.15) is 0 Å². The van der Waals surface area contributed by atoms with Crippen LogP contribution >= 0.6 is 0 Å². The molecule has 30 heavy (non-hydrogen) atoms. The molecule has 0 aromatic heterocycles. The summed E-state index contributed by atoms with van der Waals surface area (Å²) in [5.41, 5.74) is 2.27. The molecule has 0 saturated carbocycles. The van der Waals surface area contributed by atoms with Gasteiger partial charge in [0, 0.05) is 50.6 Å². The van der Waals surface area contributed by atoms with E-state index < -0.39 is 0 Å². The van der Waals surface area contributed by atoms with Crippen LogP contribution in [0.3, 0.4) is 0 Å². The van der Waals surface area contributed by atoms with Crippen molar-refractivity contribution in [3.05, 3.63) is 23.8 Å². The van der Waals surface area contributed by atoms with Crippen molar-refractivity contribution in [2.24, 2.45) is 5.92 Å². The number of ether oxygens (including phenoxy) is 1. The number of unbranched alkanes of at least 4 members (excludes halogenated alkanes) is 2. The van der Waals surface area contributed by atoms with Crippen LogP contribution in [0.25, 0.3) is 0 Å². The highest BCUT2D eigenvalue weighted by Gasteiger charge is 2.21. The zero-order valence-electron chi connectivity index (χ0n) is 19.0. The average Bonchev–Trinajstić information content (AvgIpc) is 2.74. The summed E-state index contributed by atoms with van der Waals surface area (Å²) < 4.78 is 5.35. The van der Waals surface area contributed by atoms with Crippen molar-refractivity contribution in [3.8, 4) is 0 Å². The van der Waals surface area contributed by atoms with Gasteiger partial charge in [0.25, 0.3) is 5.91 Å². The minimum atomic E-state index is -0.0952. The molecule has 0 spiro atoms. The van der Waals surface area contributed by atoms with Crippen molar-refractivity contribution in [3.63, 3.8) is 0 Å². The van der Waals surface area contributed by atoms with E-state index in [1.54, 1.807) is 0 Å². The van der Waals surface area contributed by atoms with Gasteiger partial charge in [-0.25, -0.2) is 0 Å². The summed E-state index contributed by atoms with van der Waals surface area (Å²) in [5, 5.41) is 5.97. The molecule has 1 aromatic rings. The van der Waals surface area contributed by atoms with Crippen LogP contribution in [-0.4, -0.2) is 44.7 Å². The van der Waals surface area contributed by atoms with Crippen LogP contribution in [0.4, 0.5) is 11.4 Å². The normalized spacial score (nSPS) is 14.6. The third-order valence-electron chi connectivity index (χ3n) is 5.61. The Bertz CT molecular complexity index is 670. The summed E-state index contributed by atoms with van der Waals surface area (Å²) in [6.07, 6.45) is 6.58. The molecule has 0 atom stereocenters. The van der Waals surface area contributed by atoms with Crippen molar-refractivity contribution >= 4 is 23.2 Å². The molecule has 0 radical (unpaired) electrons. The van der Waals surface area contributed by atoms with Crippen LogP contribution in [0.15, 0.2) is 18.2 Å². The largest absolute Gasteiger partial charge is 0.382 e. The molecule has 1 aliphatic heterocycles. The highest BCUT2D eigenvalue weighted by atomic mass is 16.5. The fraction of sp³-hybridized carbons (Fsp3) is 0.667. The molecule has 168 valence electrons. The molecule has 1 heterocycles. The van der Waals surface area contributed by atoms with E-state index in [0.29, 0.717) is 37.4 Å². The van der Waals surface area contributed by atoms with Gasteiger partial charge in [-0.15, -0.1) is 0 Å². The molecule has 0 unspecified atom stereocenters. The SMILES string of the molecule is CCCCCC(=O)Nc1ccc(N2CCC(C)CC2)c(C(=O)NCCCOCC)c1. The number of nitrogens with one attached hydrogen (secondary N) is 2. The Kier molecular flexibility index (Phi) is 10.7. The molecule has 2 rings (SSSR count). The van der Waals surface area contributed by atoms with E-state index in [1.807, 2.05) is 25.1 Å². The highest BCUT2D eigenvalue weighted by molar-refractivity contribution is 6.02. The first kappa shape index (κ1) is 24.2. The Morgan fingerprint density at radius 2 is 1.90 bits per heavy atom. The molecule has 1 saturated heterocycles. The van der Waals surface area contributed by atoms with Gasteiger partial charge < -0.3 is 20.3 Å². The Labute approximate surface area is 181 Å². The lowest BCUT2D eigenvalue weighted by molar-refractivity contribution is -0.116. The smallest absolute Gasteiger partial charge is 0.253 e. The second-order valence-electron chi connectivity index (χ2n) is 8.21. The molecule has 1 fully saturated rings. The minimum Gasteiger partial charge on any atom is -0.382 e. The maximum absolute atomic E-state index is 13.0. The fourth-order valence-electron chi connectivity index (χ4n) is 3.70. The van der Waals surface area contributed by atoms with Gasteiger partial charge in [0.1, 0.15) is 0 Å². The lowest BCUT2D eigenvalue weighted by Gasteiger charge is -2.33. The summed E-state index contributed by atoms with van der Waals surface area (Å²) >= 11 is 0. The number of nitrogens with zero attached hydrogens (tertiary/aromatic N) is 1. The standard InChI is InChI=1S/C24H39N3O3/c1-4-6-7-9-23(28)26-20-10-11-22(27-15-12-19(3)13-16-27)21(18-20)24(29)25-14-8-17-30-5-2/h10-11,18-19H,4-9,12-17H2,1-3H3,(H,25,29)(H,26,28). The summed E-state index contributed by atoms with van der Waals surface area (Å²) in [7, 11) is 0. The number of benzene rings is 1. The lowest BCUT2D eigenvalue weighted by atomic mass is 9.97. The van der Waals surface area contributed by atoms with Gasteiger partial charge in [0.15, 0.2) is 0 Å². The van der Waals surface area contributed by atoms with Crippen LogP contribution in [0.2, 0.25) is 0 Å². The van der Waals surface area contributed by atoms with E-state index in [0.717, 1.165) is 63.2 Å². The van der Waals surface area contributed by atoms with E-state index in [4.69, 9.17) is 4.74 Å². The molecule has 1 aliphatic rings. The van der Waals surface area contributed by atoms with Gasteiger partial charge >= 0.3 is 0 Å². The predicted octanol–water partition coefficient (Wildman–Crippen LogP) is 4.60. The fourth-order valence-corrected chi connectivity index (χ4v) is 3.70. The van der Waals surface area contributed by atoms with Crippen LogP contribution in [-0.2, 0) is 9.53 Å². The number of hydrogen-bond donors (Lipinski definition) is 2. The van der Waals surface area contributed by atoms with Crippen LogP contribution < -0.4 is 15.5 Å². The maximum Gasteiger partial charge on any atom is 0.253 e. The Morgan fingerprint density at radius 1 is 1.13 bits per heavy atom. The number of amides is 2. The van der Waals surface area contributed by atoms with Crippen molar-refractivity contribution < 1.29 is 14.3 Å². The van der Waals surface area contributed by atoms with Crippen molar-refractivity contribution in [2.75, 3.05) is 43.1 Å². The summed E-state index contributed by atoms with van der Waals surface area (Å²) in [4.78, 5) is 27.5. The number of hydrogen-bond acceptors (Lipinski definition) is 4. The minimum absolute atomic E-state index is 0.00562. The topological polar surface area (TPSA) is 70.7 Å². The predicted molar refractivity (Wildman–Crippen MR) is 123 cm³/mol. The Balaban J connectivity index is 2.09. The second-order valence-corrected chi connectivity index (χ2v) is 8.21. The van der Waals surface area contributed by atoms with E-state index >= 15 is 0 Å². The first-order chi connectivity index (χ1) is 14.5. The van der Waals surface area contributed by atoms with E-state index in [2.05, 4.69) is 29.4 Å². The number of piperidine rings is 1. The molecular weight excluding hydrogens is 378 g/mol. The van der Waals surface area contributed by atoms with E-state index in [-0.39, 0.29) is 11.8 Å². The molecule has 1 aromatic carbocycles. The van der Waals surface area contributed by atoms with Gasteiger partial charge in [-0.05, 0) is 56.7 Å². The molecule has 6 heteroatoms. The Morgan fingerprint density at radius 3 is 2.60 bits per heavy atom. The van der Waals surface area contributed by atoms with Gasteiger partial charge in [0.05, 0.1) is 5.56 Å².